The minimum atomic E-state index is -0.261. The molecule has 1 aliphatic carbocycles. The van der Waals surface area contributed by atoms with Gasteiger partial charge in [-0.1, -0.05) is 18.0 Å². The maximum Gasteiger partial charge on any atom is 0.255 e. The highest BCUT2D eigenvalue weighted by molar-refractivity contribution is 6.32. The number of ether oxygens (including phenoxy) is 2. The molecule has 0 atom stereocenters. The summed E-state index contributed by atoms with van der Waals surface area (Å²) in [6.45, 7) is 0.111. The van der Waals surface area contributed by atoms with E-state index >= 15 is 0 Å². The predicted octanol–water partition coefficient (Wildman–Crippen LogP) is 4.46. The number of hydrogen-bond acceptors (Lipinski definition) is 4. The Balaban J connectivity index is 1.40. The van der Waals surface area contributed by atoms with E-state index in [0.29, 0.717) is 33.7 Å². The van der Waals surface area contributed by atoms with E-state index in [-0.39, 0.29) is 12.7 Å². The molecular weight excluding hydrogens is 354 g/mol. The van der Waals surface area contributed by atoms with Gasteiger partial charge in [-0.05, 0) is 43.2 Å². The second kappa shape index (κ2) is 5.92. The number of fused-ring (bicyclic) bond motifs is 2. The molecule has 7 heteroatoms. The van der Waals surface area contributed by atoms with Gasteiger partial charge < -0.3 is 19.8 Å². The van der Waals surface area contributed by atoms with E-state index in [1.54, 1.807) is 12.1 Å². The summed E-state index contributed by atoms with van der Waals surface area (Å²) in [6, 6.07) is 8.87. The molecule has 0 radical (unpaired) electrons. The lowest BCUT2D eigenvalue weighted by molar-refractivity contribution is 0.102. The maximum absolute atomic E-state index is 12.6. The quantitative estimate of drug-likeness (QED) is 0.714. The van der Waals surface area contributed by atoms with Crippen molar-refractivity contribution in [3.63, 3.8) is 0 Å². The third-order valence-electron chi connectivity index (χ3n) is 4.94. The van der Waals surface area contributed by atoms with E-state index in [9.17, 15) is 4.79 Å². The van der Waals surface area contributed by atoms with E-state index in [2.05, 4.69) is 15.3 Å². The first-order valence-corrected chi connectivity index (χ1v) is 8.95. The van der Waals surface area contributed by atoms with Gasteiger partial charge in [0.05, 0.1) is 16.1 Å². The fourth-order valence-electron chi connectivity index (χ4n) is 3.28. The van der Waals surface area contributed by atoms with E-state index < -0.39 is 0 Å². The van der Waals surface area contributed by atoms with Gasteiger partial charge in [0.25, 0.3) is 5.91 Å². The number of H-pyrrole nitrogens is 1. The number of carbonyl (C=O) groups is 1. The Morgan fingerprint density at radius 1 is 1.23 bits per heavy atom. The number of aromatic nitrogens is 2. The fraction of sp³-hybridized carbons (Fsp3) is 0.263. The van der Waals surface area contributed by atoms with Crippen LogP contribution in [0.2, 0.25) is 5.02 Å². The number of anilines is 1. The van der Waals surface area contributed by atoms with Crippen LogP contribution in [0, 0.1) is 0 Å². The summed E-state index contributed by atoms with van der Waals surface area (Å²) in [4.78, 5) is 20.6. The summed E-state index contributed by atoms with van der Waals surface area (Å²) < 4.78 is 10.6. The van der Waals surface area contributed by atoms with Crippen molar-refractivity contribution >= 4 is 34.2 Å². The Labute approximate surface area is 154 Å². The summed E-state index contributed by atoms with van der Waals surface area (Å²) >= 11 is 6.15. The monoisotopic (exact) mass is 369 g/mol. The Kier molecular flexibility index (Phi) is 3.53. The van der Waals surface area contributed by atoms with Crippen molar-refractivity contribution in [3.05, 3.63) is 46.7 Å². The van der Waals surface area contributed by atoms with Gasteiger partial charge in [0.1, 0.15) is 5.82 Å². The number of hydrogen-bond donors (Lipinski definition) is 2. The fourth-order valence-corrected chi connectivity index (χ4v) is 3.55. The molecule has 2 aliphatic rings. The number of benzene rings is 2. The van der Waals surface area contributed by atoms with Crippen molar-refractivity contribution in [2.24, 2.45) is 0 Å². The van der Waals surface area contributed by atoms with Gasteiger partial charge in [0.15, 0.2) is 11.5 Å². The normalized spacial score (nSPS) is 15.9. The summed E-state index contributed by atoms with van der Waals surface area (Å²) in [5.41, 5.74) is 2.95. The SMILES string of the molecule is O=C(Nc1ccc2nc(C3CCC3)[nH]c2c1)c1cc(Cl)c2c(c1)OCO2. The number of aromatic amines is 1. The van der Waals surface area contributed by atoms with Crippen LogP contribution in [0.1, 0.15) is 41.4 Å². The van der Waals surface area contributed by atoms with Crippen molar-refractivity contribution in [1.29, 1.82) is 0 Å². The lowest BCUT2D eigenvalue weighted by Gasteiger charge is -2.22. The Bertz CT molecular complexity index is 1030. The minimum Gasteiger partial charge on any atom is -0.454 e. The number of carbonyl (C=O) groups excluding carboxylic acids is 1. The molecule has 0 saturated heterocycles. The first-order valence-electron chi connectivity index (χ1n) is 8.57. The zero-order valence-electron chi connectivity index (χ0n) is 13.8. The lowest BCUT2D eigenvalue weighted by Crippen LogP contribution is -2.11. The Hall–Kier alpha value is -2.73. The smallest absolute Gasteiger partial charge is 0.255 e. The molecule has 1 saturated carbocycles. The summed E-state index contributed by atoms with van der Waals surface area (Å²) in [6.07, 6.45) is 3.64. The molecule has 3 aromatic rings. The van der Waals surface area contributed by atoms with E-state index in [4.69, 9.17) is 21.1 Å². The molecular formula is C19H16ClN3O3. The van der Waals surface area contributed by atoms with E-state index in [1.807, 2.05) is 18.2 Å². The second-order valence-electron chi connectivity index (χ2n) is 6.63. The summed E-state index contributed by atoms with van der Waals surface area (Å²) in [5, 5.41) is 3.25. The van der Waals surface area contributed by atoms with Crippen LogP contribution in [0.4, 0.5) is 5.69 Å². The summed E-state index contributed by atoms with van der Waals surface area (Å²) in [7, 11) is 0. The van der Waals surface area contributed by atoms with Gasteiger partial charge in [-0.3, -0.25) is 4.79 Å². The topological polar surface area (TPSA) is 76.2 Å². The molecule has 0 spiro atoms. The number of nitrogens with one attached hydrogen (secondary N) is 2. The van der Waals surface area contributed by atoms with Gasteiger partial charge in [0.2, 0.25) is 6.79 Å². The molecule has 2 heterocycles. The van der Waals surface area contributed by atoms with Crippen LogP contribution in [0.5, 0.6) is 11.5 Å². The van der Waals surface area contributed by atoms with Gasteiger partial charge >= 0.3 is 0 Å². The molecule has 26 heavy (non-hydrogen) atoms. The predicted molar refractivity (Wildman–Crippen MR) is 98.2 cm³/mol. The molecule has 6 nitrogen and oxygen atoms in total. The first-order chi connectivity index (χ1) is 12.7. The van der Waals surface area contributed by atoms with Gasteiger partial charge in [-0.2, -0.15) is 0 Å². The van der Waals surface area contributed by atoms with Crippen LogP contribution in [0.25, 0.3) is 11.0 Å². The standard InChI is InChI=1S/C19H16ClN3O3/c20-13-6-11(7-16-17(13)26-9-25-16)19(24)21-12-4-5-14-15(8-12)23-18(22-14)10-2-1-3-10/h4-8,10H,1-3,9H2,(H,21,24)(H,22,23). The molecule has 1 aliphatic heterocycles. The molecule has 1 amide bonds. The van der Waals surface area contributed by atoms with Gasteiger partial charge in [-0.15, -0.1) is 0 Å². The second-order valence-corrected chi connectivity index (χ2v) is 7.03. The van der Waals surface area contributed by atoms with Crippen molar-refractivity contribution in [1.82, 2.24) is 9.97 Å². The van der Waals surface area contributed by atoms with Crippen molar-refractivity contribution in [2.45, 2.75) is 25.2 Å². The van der Waals surface area contributed by atoms with Crippen molar-refractivity contribution in [2.75, 3.05) is 12.1 Å². The number of halogens is 1. The van der Waals surface area contributed by atoms with Crippen LogP contribution in [-0.2, 0) is 0 Å². The highest BCUT2D eigenvalue weighted by Gasteiger charge is 2.23. The van der Waals surface area contributed by atoms with Gasteiger partial charge in [-0.25, -0.2) is 4.98 Å². The molecule has 1 aromatic heterocycles. The number of rotatable bonds is 3. The zero-order chi connectivity index (χ0) is 17.7. The number of imidazole rings is 1. The molecule has 2 N–H and O–H groups in total. The van der Waals surface area contributed by atoms with Crippen molar-refractivity contribution < 1.29 is 14.3 Å². The largest absolute Gasteiger partial charge is 0.454 e. The van der Waals surface area contributed by atoms with Crippen LogP contribution in [0.3, 0.4) is 0 Å². The number of amides is 1. The highest BCUT2D eigenvalue weighted by Crippen LogP contribution is 2.40. The Morgan fingerprint density at radius 3 is 2.92 bits per heavy atom. The van der Waals surface area contributed by atoms with E-state index in [1.165, 1.54) is 19.3 Å². The molecule has 2 aromatic carbocycles. The van der Waals surface area contributed by atoms with Gasteiger partial charge in [0, 0.05) is 17.2 Å². The Morgan fingerprint density at radius 2 is 2.12 bits per heavy atom. The third-order valence-corrected chi connectivity index (χ3v) is 5.22. The maximum atomic E-state index is 12.6. The van der Waals surface area contributed by atoms with Crippen LogP contribution in [0.15, 0.2) is 30.3 Å². The molecule has 0 unspecified atom stereocenters. The average Bonchev–Trinajstić information content (AvgIpc) is 3.19. The molecule has 132 valence electrons. The molecule has 1 fully saturated rings. The first kappa shape index (κ1) is 15.5. The minimum absolute atomic E-state index is 0.111. The summed E-state index contributed by atoms with van der Waals surface area (Å²) in [5.74, 6) is 2.28. The average molecular weight is 370 g/mol. The number of nitrogens with zero attached hydrogens (tertiary/aromatic N) is 1. The highest BCUT2D eigenvalue weighted by atomic mass is 35.5. The third kappa shape index (κ3) is 2.57. The lowest BCUT2D eigenvalue weighted by atomic mass is 9.85. The van der Waals surface area contributed by atoms with Crippen molar-refractivity contribution in [3.8, 4) is 11.5 Å². The zero-order valence-corrected chi connectivity index (χ0v) is 14.6. The van der Waals surface area contributed by atoms with Crippen LogP contribution < -0.4 is 14.8 Å². The molecule has 0 bridgehead atoms. The van der Waals surface area contributed by atoms with E-state index in [0.717, 1.165) is 16.9 Å². The van der Waals surface area contributed by atoms with Crippen LogP contribution >= 0.6 is 11.6 Å². The molecule has 5 rings (SSSR count). The van der Waals surface area contributed by atoms with Crippen LogP contribution in [-0.4, -0.2) is 22.7 Å².